The van der Waals surface area contributed by atoms with Gasteiger partial charge in [0, 0.05) is 30.1 Å². The largest absolute Gasteiger partial charge is 0.392 e. The van der Waals surface area contributed by atoms with Crippen molar-refractivity contribution in [1.29, 1.82) is 0 Å². The van der Waals surface area contributed by atoms with Crippen LogP contribution in [0.3, 0.4) is 0 Å². The minimum atomic E-state index is 0.0944. The number of aliphatic hydroxyl groups is 1. The van der Waals surface area contributed by atoms with Crippen LogP contribution >= 0.6 is 15.9 Å². The molecule has 1 aromatic carbocycles. The summed E-state index contributed by atoms with van der Waals surface area (Å²) in [4.78, 5) is 4.78. The van der Waals surface area contributed by atoms with Crippen molar-refractivity contribution in [2.24, 2.45) is 0 Å². The molecule has 17 heavy (non-hydrogen) atoms. The van der Waals surface area contributed by atoms with Crippen molar-refractivity contribution in [2.45, 2.75) is 19.6 Å². The van der Waals surface area contributed by atoms with Crippen LogP contribution in [0, 0.1) is 0 Å². The Hall–Kier alpha value is -0.580. The maximum atomic E-state index is 9.11. The summed E-state index contributed by atoms with van der Waals surface area (Å²) in [7, 11) is 2.16. The van der Waals surface area contributed by atoms with Crippen LogP contribution in [0.15, 0.2) is 22.7 Å². The Kier molecular flexibility index (Phi) is 4.07. The lowest BCUT2D eigenvalue weighted by Gasteiger charge is -2.40. The van der Waals surface area contributed by atoms with Gasteiger partial charge >= 0.3 is 0 Å². The normalized spacial score (nSPS) is 21.9. The van der Waals surface area contributed by atoms with E-state index in [-0.39, 0.29) is 6.61 Å². The number of hydrogen-bond acceptors (Lipinski definition) is 3. The van der Waals surface area contributed by atoms with Gasteiger partial charge in [-0.15, -0.1) is 0 Å². The highest BCUT2D eigenvalue weighted by Gasteiger charge is 2.22. The predicted octanol–water partition coefficient (Wildman–Crippen LogP) is 2.08. The van der Waals surface area contributed by atoms with Gasteiger partial charge in [-0.1, -0.05) is 6.07 Å². The van der Waals surface area contributed by atoms with Gasteiger partial charge in [0.25, 0.3) is 0 Å². The number of anilines is 1. The number of hydrogen-bond donors (Lipinski definition) is 1. The van der Waals surface area contributed by atoms with Crippen LogP contribution in [0.2, 0.25) is 0 Å². The predicted molar refractivity (Wildman–Crippen MR) is 74.4 cm³/mol. The van der Waals surface area contributed by atoms with Gasteiger partial charge in [-0.05, 0) is 47.6 Å². The van der Waals surface area contributed by atoms with Crippen LogP contribution in [0.4, 0.5) is 5.69 Å². The number of nitrogens with zero attached hydrogens (tertiary/aromatic N) is 2. The molecule has 1 atom stereocenters. The number of aliphatic hydroxyl groups excluding tert-OH is 1. The molecule has 1 aliphatic rings. The van der Waals surface area contributed by atoms with E-state index in [2.05, 4.69) is 45.8 Å². The number of piperazine rings is 1. The highest BCUT2D eigenvalue weighted by molar-refractivity contribution is 9.10. The van der Waals surface area contributed by atoms with Crippen molar-refractivity contribution in [3.63, 3.8) is 0 Å². The molecule has 1 unspecified atom stereocenters. The zero-order valence-electron chi connectivity index (χ0n) is 10.4. The first kappa shape index (κ1) is 12.9. The van der Waals surface area contributed by atoms with Crippen LogP contribution in [0.25, 0.3) is 0 Å². The number of likely N-dealkylation sites (N-methyl/N-ethyl adjacent to an activating group) is 1. The summed E-state index contributed by atoms with van der Waals surface area (Å²) in [6, 6.07) is 6.60. The lowest BCUT2D eigenvalue weighted by atomic mass is 10.1. The third kappa shape index (κ3) is 2.81. The highest BCUT2D eigenvalue weighted by Crippen LogP contribution is 2.30. The summed E-state index contributed by atoms with van der Waals surface area (Å²) in [6.45, 7) is 5.58. The van der Waals surface area contributed by atoms with Crippen molar-refractivity contribution < 1.29 is 5.11 Å². The molecule has 94 valence electrons. The molecule has 1 heterocycles. The summed E-state index contributed by atoms with van der Waals surface area (Å²) in [5.74, 6) is 0. The van der Waals surface area contributed by atoms with E-state index in [1.165, 1.54) is 5.69 Å². The van der Waals surface area contributed by atoms with Crippen LogP contribution in [-0.4, -0.2) is 42.7 Å². The smallest absolute Gasteiger partial charge is 0.0682 e. The van der Waals surface area contributed by atoms with Crippen LogP contribution in [-0.2, 0) is 6.61 Å². The minimum Gasteiger partial charge on any atom is -0.392 e. The standard InChI is InChI=1S/C13H19BrN2O/c1-10-8-15(2)5-6-16(10)13-4-3-11(9-17)7-12(13)14/h3-4,7,10,17H,5-6,8-9H2,1-2H3. The van der Waals surface area contributed by atoms with E-state index in [4.69, 9.17) is 5.11 Å². The first-order valence-corrected chi connectivity index (χ1v) is 6.75. The second kappa shape index (κ2) is 5.38. The molecule has 0 aromatic heterocycles. The van der Waals surface area contributed by atoms with Crippen molar-refractivity contribution in [2.75, 3.05) is 31.6 Å². The fraction of sp³-hybridized carbons (Fsp3) is 0.538. The molecule has 0 amide bonds. The van der Waals surface area contributed by atoms with Gasteiger partial charge in [0.05, 0.1) is 12.3 Å². The Morgan fingerprint density at radius 2 is 2.18 bits per heavy atom. The second-order valence-corrected chi connectivity index (χ2v) is 5.60. The third-order valence-corrected chi connectivity index (χ3v) is 3.97. The maximum absolute atomic E-state index is 9.11. The van der Waals surface area contributed by atoms with Gasteiger partial charge in [0.15, 0.2) is 0 Å². The lowest BCUT2D eigenvalue weighted by Crippen LogP contribution is -2.50. The monoisotopic (exact) mass is 298 g/mol. The maximum Gasteiger partial charge on any atom is 0.0682 e. The Morgan fingerprint density at radius 1 is 1.41 bits per heavy atom. The van der Waals surface area contributed by atoms with Gasteiger partial charge in [-0.3, -0.25) is 0 Å². The molecule has 1 aromatic rings. The fourth-order valence-corrected chi connectivity index (χ4v) is 3.03. The molecular formula is C13H19BrN2O. The zero-order chi connectivity index (χ0) is 12.4. The average Bonchev–Trinajstić information content (AvgIpc) is 2.30. The molecule has 3 nitrogen and oxygen atoms in total. The quantitative estimate of drug-likeness (QED) is 0.906. The summed E-state index contributed by atoms with van der Waals surface area (Å²) in [6.07, 6.45) is 0. The Morgan fingerprint density at radius 3 is 2.76 bits per heavy atom. The molecule has 0 saturated carbocycles. The van der Waals surface area contributed by atoms with Crippen LogP contribution in [0.1, 0.15) is 12.5 Å². The van der Waals surface area contributed by atoms with Gasteiger partial charge in [-0.2, -0.15) is 0 Å². The first-order valence-electron chi connectivity index (χ1n) is 5.96. The molecular weight excluding hydrogens is 280 g/mol. The molecule has 1 N–H and O–H groups in total. The van der Waals surface area contributed by atoms with E-state index in [1.54, 1.807) is 0 Å². The highest BCUT2D eigenvalue weighted by atomic mass is 79.9. The van der Waals surface area contributed by atoms with Crippen molar-refractivity contribution in [3.8, 4) is 0 Å². The average molecular weight is 299 g/mol. The first-order chi connectivity index (χ1) is 8.11. The van der Waals surface area contributed by atoms with Crippen LogP contribution in [0.5, 0.6) is 0 Å². The SMILES string of the molecule is CC1CN(C)CCN1c1ccc(CO)cc1Br. The van der Waals surface area contributed by atoms with Crippen molar-refractivity contribution in [3.05, 3.63) is 28.2 Å². The molecule has 2 rings (SSSR count). The molecule has 0 bridgehead atoms. The summed E-state index contributed by atoms with van der Waals surface area (Å²) in [5.41, 5.74) is 2.17. The van der Waals surface area contributed by atoms with Gasteiger partial charge < -0.3 is 14.9 Å². The summed E-state index contributed by atoms with van der Waals surface area (Å²) < 4.78 is 1.07. The minimum absolute atomic E-state index is 0.0944. The summed E-state index contributed by atoms with van der Waals surface area (Å²) >= 11 is 3.60. The van der Waals surface area contributed by atoms with E-state index in [0.29, 0.717) is 6.04 Å². The molecule has 1 fully saturated rings. The van der Waals surface area contributed by atoms with E-state index in [9.17, 15) is 0 Å². The molecule has 4 heteroatoms. The number of halogens is 1. The number of rotatable bonds is 2. The van der Waals surface area contributed by atoms with Gasteiger partial charge in [0.1, 0.15) is 0 Å². The van der Waals surface area contributed by atoms with Gasteiger partial charge in [0.2, 0.25) is 0 Å². The topological polar surface area (TPSA) is 26.7 Å². The fourth-order valence-electron chi connectivity index (χ4n) is 2.38. The Bertz CT molecular complexity index is 397. The zero-order valence-corrected chi connectivity index (χ0v) is 11.9. The lowest BCUT2D eigenvalue weighted by molar-refractivity contribution is 0.275. The Balaban J connectivity index is 2.22. The van der Waals surface area contributed by atoms with Crippen molar-refractivity contribution >= 4 is 21.6 Å². The van der Waals surface area contributed by atoms with Gasteiger partial charge in [-0.25, -0.2) is 0 Å². The van der Waals surface area contributed by atoms with E-state index >= 15 is 0 Å². The number of benzene rings is 1. The third-order valence-electron chi connectivity index (χ3n) is 3.33. The molecule has 0 spiro atoms. The van der Waals surface area contributed by atoms with Crippen LogP contribution < -0.4 is 4.90 Å². The molecule has 1 saturated heterocycles. The second-order valence-electron chi connectivity index (χ2n) is 4.75. The molecule has 0 aliphatic carbocycles. The van der Waals surface area contributed by atoms with E-state index in [0.717, 1.165) is 29.7 Å². The molecule has 0 radical (unpaired) electrons. The molecule has 1 aliphatic heterocycles. The van der Waals surface area contributed by atoms with E-state index in [1.807, 2.05) is 12.1 Å². The Labute approximate surface area is 111 Å². The summed E-state index contributed by atoms with van der Waals surface area (Å²) in [5, 5.41) is 9.11. The van der Waals surface area contributed by atoms with E-state index < -0.39 is 0 Å². The van der Waals surface area contributed by atoms with Crippen molar-refractivity contribution in [1.82, 2.24) is 4.90 Å².